The van der Waals surface area contributed by atoms with Crippen LogP contribution in [0.4, 0.5) is 13.2 Å². The Hall–Kier alpha value is -3.59. The van der Waals surface area contributed by atoms with Crippen LogP contribution in [0.5, 0.6) is 0 Å². The first-order valence-corrected chi connectivity index (χ1v) is 12.2. The number of benzene rings is 3. The number of halogens is 3. The van der Waals surface area contributed by atoms with Crippen LogP contribution in [-0.2, 0) is 22.6 Å². The number of aromatic carboxylic acids is 1. The summed E-state index contributed by atoms with van der Waals surface area (Å²) in [6, 6.07) is 16.7. The molecule has 0 spiro atoms. The topological polar surface area (TPSA) is 76.4 Å². The fourth-order valence-electron chi connectivity index (χ4n) is 3.94. The highest BCUT2D eigenvalue weighted by Gasteiger charge is 2.32. The van der Waals surface area contributed by atoms with Crippen molar-refractivity contribution in [3.05, 3.63) is 101 Å². The van der Waals surface area contributed by atoms with Crippen molar-refractivity contribution >= 4 is 26.9 Å². The standard InChI is InChI=1S/C26H22F3NO4S/c1-16(2)18-7-10-23(11-8-18)35(33,34)30-22(13-17-3-5-19(6-4-17)25(31)32)15-20-14-21(26(27,28)29)9-12-24(20)30/h3-12,14-16H,13H2,1-2H3,(H,31,32). The van der Waals surface area contributed by atoms with E-state index in [9.17, 15) is 26.4 Å². The summed E-state index contributed by atoms with van der Waals surface area (Å²) in [6.07, 6.45) is -4.51. The van der Waals surface area contributed by atoms with Gasteiger partial charge in [-0.05, 0) is 65.6 Å². The molecule has 9 heteroatoms. The molecule has 1 N–H and O–H groups in total. The minimum Gasteiger partial charge on any atom is -0.478 e. The second kappa shape index (κ2) is 8.88. The average Bonchev–Trinajstić information content (AvgIpc) is 3.16. The van der Waals surface area contributed by atoms with Crippen LogP contribution in [0.25, 0.3) is 10.9 Å². The van der Waals surface area contributed by atoms with Gasteiger partial charge in [-0.1, -0.05) is 38.1 Å². The molecule has 1 heterocycles. The van der Waals surface area contributed by atoms with Crippen molar-refractivity contribution in [1.29, 1.82) is 0 Å². The highest BCUT2D eigenvalue weighted by atomic mass is 32.2. The Balaban J connectivity index is 1.88. The van der Waals surface area contributed by atoms with Crippen molar-refractivity contribution in [2.24, 2.45) is 0 Å². The van der Waals surface area contributed by atoms with E-state index in [1.807, 2.05) is 13.8 Å². The molecule has 1 aromatic heterocycles. The smallest absolute Gasteiger partial charge is 0.416 e. The Morgan fingerprint density at radius 1 is 0.943 bits per heavy atom. The molecular weight excluding hydrogens is 479 g/mol. The van der Waals surface area contributed by atoms with E-state index in [-0.39, 0.29) is 39.4 Å². The van der Waals surface area contributed by atoms with Gasteiger partial charge in [-0.25, -0.2) is 17.2 Å². The summed E-state index contributed by atoms with van der Waals surface area (Å²) in [5, 5.41) is 9.25. The molecule has 5 nitrogen and oxygen atoms in total. The second-order valence-electron chi connectivity index (χ2n) is 8.58. The van der Waals surface area contributed by atoms with Crippen molar-refractivity contribution in [2.45, 2.75) is 37.3 Å². The summed E-state index contributed by atoms with van der Waals surface area (Å²) in [7, 11) is -4.14. The van der Waals surface area contributed by atoms with Crippen molar-refractivity contribution in [3.63, 3.8) is 0 Å². The van der Waals surface area contributed by atoms with Crippen molar-refractivity contribution in [1.82, 2.24) is 3.97 Å². The monoisotopic (exact) mass is 501 g/mol. The van der Waals surface area contributed by atoms with E-state index in [0.29, 0.717) is 5.56 Å². The van der Waals surface area contributed by atoms with Gasteiger partial charge in [0.1, 0.15) is 0 Å². The maximum Gasteiger partial charge on any atom is 0.416 e. The number of carboxylic acids is 1. The van der Waals surface area contributed by atoms with Gasteiger partial charge in [-0.3, -0.25) is 0 Å². The van der Waals surface area contributed by atoms with E-state index in [4.69, 9.17) is 5.11 Å². The van der Waals surface area contributed by atoms with Crippen molar-refractivity contribution in [3.8, 4) is 0 Å². The van der Waals surface area contributed by atoms with Crippen LogP contribution in [0.3, 0.4) is 0 Å². The fourth-order valence-corrected chi connectivity index (χ4v) is 5.48. The third-order valence-corrected chi connectivity index (χ3v) is 7.61. The van der Waals surface area contributed by atoms with Crippen LogP contribution in [0, 0.1) is 0 Å². The van der Waals surface area contributed by atoms with E-state index in [1.165, 1.54) is 30.3 Å². The van der Waals surface area contributed by atoms with Crippen LogP contribution >= 0.6 is 0 Å². The SMILES string of the molecule is CC(C)c1ccc(S(=O)(=O)n2c(Cc3ccc(C(=O)O)cc3)cc3cc(C(F)(F)F)ccc32)cc1. The van der Waals surface area contributed by atoms with Gasteiger partial charge in [-0.2, -0.15) is 13.2 Å². The summed E-state index contributed by atoms with van der Waals surface area (Å²) in [5.74, 6) is -0.901. The molecule has 0 unspecified atom stereocenters. The maximum atomic E-state index is 13.7. The summed E-state index contributed by atoms with van der Waals surface area (Å²) < 4.78 is 68.4. The first kappa shape index (κ1) is 24.5. The zero-order chi connectivity index (χ0) is 25.5. The van der Waals surface area contributed by atoms with Gasteiger partial charge in [-0.15, -0.1) is 0 Å². The Morgan fingerprint density at radius 3 is 2.11 bits per heavy atom. The van der Waals surface area contributed by atoms with E-state index in [0.717, 1.165) is 27.7 Å². The van der Waals surface area contributed by atoms with Crippen LogP contribution in [-0.4, -0.2) is 23.5 Å². The molecule has 0 fully saturated rings. The second-order valence-corrected chi connectivity index (χ2v) is 10.4. The summed E-state index contributed by atoms with van der Waals surface area (Å²) in [4.78, 5) is 11.1. The molecule has 0 atom stereocenters. The average molecular weight is 502 g/mol. The highest BCUT2D eigenvalue weighted by Crippen LogP contribution is 2.34. The van der Waals surface area contributed by atoms with Crippen molar-refractivity contribution in [2.75, 3.05) is 0 Å². The van der Waals surface area contributed by atoms with Gasteiger partial charge in [0.05, 0.1) is 21.5 Å². The number of fused-ring (bicyclic) bond motifs is 1. The van der Waals surface area contributed by atoms with Gasteiger partial charge in [0, 0.05) is 17.5 Å². The number of carboxylic acid groups (broad SMARTS) is 1. The molecule has 0 amide bonds. The number of hydrogen-bond acceptors (Lipinski definition) is 3. The normalized spacial score (nSPS) is 12.4. The van der Waals surface area contributed by atoms with Gasteiger partial charge in [0.15, 0.2) is 0 Å². The van der Waals surface area contributed by atoms with Gasteiger partial charge in [0.25, 0.3) is 10.0 Å². The number of carbonyl (C=O) groups is 1. The van der Waals surface area contributed by atoms with E-state index in [2.05, 4.69) is 0 Å². The Morgan fingerprint density at radius 2 is 1.57 bits per heavy atom. The predicted molar refractivity (Wildman–Crippen MR) is 126 cm³/mol. The minimum absolute atomic E-state index is 0.0155. The summed E-state index contributed by atoms with van der Waals surface area (Å²) >= 11 is 0. The van der Waals surface area contributed by atoms with Gasteiger partial charge >= 0.3 is 12.1 Å². The lowest BCUT2D eigenvalue weighted by Crippen LogP contribution is -2.16. The third kappa shape index (κ3) is 4.81. The van der Waals surface area contributed by atoms with E-state index >= 15 is 0 Å². The minimum atomic E-state index is -4.57. The van der Waals surface area contributed by atoms with E-state index < -0.39 is 27.7 Å². The lowest BCUT2D eigenvalue weighted by molar-refractivity contribution is -0.137. The summed E-state index contributed by atoms with van der Waals surface area (Å²) in [6.45, 7) is 3.96. The molecule has 4 aromatic rings. The molecular formula is C26H22F3NO4S. The Bertz CT molecular complexity index is 1500. The molecule has 0 saturated heterocycles. The molecule has 182 valence electrons. The zero-order valence-electron chi connectivity index (χ0n) is 18.9. The number of aromatic nitrogens is 1. The Labute approximate surface area is 200 Å². The van der Waals surface area contributed by atoms with Crippen molar-refractivity contribution < 1.29 is 31.5 Å². The predicted octanol–water partition coefficient (Wildman–Crippen LogP) is 6.31. The van der Waals surface area contributed by atoms with Crippen LogP contribution in [0.15, 0.2) is 77.7 Å². The molecule has 35 heavy (non-hydrogen) atoms. The molecule has 0 saturated carbocycles. The summed E-state index contributed by atoms with van der Waals surface area (Å²) in [5.41, 5.74) is 1.15. The molecule has 0 aliphatic rings. The number of nitrogens with zero attached hydrogens (tertiary/aromatic N) is 1. The quantitative estimate of drug-likeness (QED) is 0.336. The first-order chi connectivity index (χ1) is 16.4. The molecule has 0 aliphatic heterocycles. The molecule has 0 aliphatic carbocycles. The number of rotatable bonds is 6. The Kier molecular flexibility index (Phi) is 6.23. The number of alkyl halides is 3. The van der Waals surface area contributed by atoms with Crippen LogP contribution < -0.4 is 0 Å². The lowest BCUT2D eigenvalue weighted by Gasteiger charge is -2.14. The molecule has 3 aromatic carbocycles. The van der Waals surface area contributed by atoms with Crippen LogP contribution in [0.2, 0.25) is 0 Å². The third-order valence-electron chi connectivity index (χ3n) is 5.83. The van der Waals surface area contributed by atoms with E-state index in [1.54, 1.807) is 24.3 Å². The van der Waals surface area contributed by atoms with Gasteiger partial charge < -0.3 is 5.11 Å². The lowest BCUT2D eigenvalue weighted by atomic mass is 10.0. The van der Waals surface area contributed by atoms with Gasteiger partial charge in [0.2, 0.25) is 0 Å². The van der Waals surface area contributed by atoms with Crippen LogP contribution in [0.1, 0.15) is 52.5 Å². The largest absolute Gasteiger partial charge is 0.478 e. The molecule has 0 radical (unpaired) electrons. The zero-order valence-corrected chi connectivity index (χ0v) is 19.7. The molecule has 4 rings (SSSR count). The number of hydrogen-bond donors (Lipinski definition) is 1. The molecule has 0 bridgehead atoms. The fraction of sp³-hybridized carbons (Fsp3) is 0.192. The highest BCUT2D eigenvalue weighted by molar-refractivity contribution is 7.90. The maximum absolute atomic E-state index is 13.7. The first-order valence-electron chi connectivity index (χ1n) is 10.8.